The second kappa shape index (κ2) is 3.31. The third kappa shape index (κ3) is 2.37. The smallest absolute Gasteiger partial charge is 0.382 e. The van der Waals surface area contributed by atoms with Crippen molar-refractivity contribution in [3.05, 3.63) is 0 Å². The molecule has 8 nitrogen and oxygen atoms in total. The fraction of sp³-hybridized carbons (Fsp3) is 1.00. The summed E-state index contributed by atoms with van der Waals surface area (Å²) in [5, 5.41) is 27.5. The Balaban J connectivity index is 2.47. The lowest BCUT2D eigenvalue weighted by Gasteiger charge is -2.51. The molecule has 1 fully saturated rings. The Labute approximate surface area is 79.6 Å². The Bertz CT molecular complexity index is 224. The first kappa shape index (κ1) is 12.2. The average Bonchev–Trinajstić information content (AvgIpc) is 1.98. The highest BCUT2D eigenvalue weighted by atomic mass is 31.2. The zero-order valence-electron chi connectivity index (χ0n) is 7.23. The zero-order chi connectivity index (χ0) is 11.2. The monoisotopic (exact) mass is 231 g/mol. The summed E-state index contributed by atoms with van der Waals surface area (Å²) in [7, 11) is -4.49. The van der Waals surface area contributed by atoms with E-state index < -0.39 is 32.5 Å². The van der Waals surface area contributed by atoms with Gasteiger partial charge in [0, 0.05) is 0 Å². The van der Waals surface area contributed by atoms with Gasteiger partial charge in [-0.3, -0.25) is 0 Å². The fourth-order valence-corrected chi connectivity index (χ4v) is 1.48. The number of ether oxygens (including phenoxy) is 1. The molecule has 0 aromatic rings. The lowest BCUT2D eigenvalue weighted by Crippen LogP contribution is -2.73. The van der Waals surface area contributed by atoms with Gasteiger partial charge in [0.25, 0.3) is 0 Å². The molecule has 1 aliphatic rings. The molecule has 1 aliphatic heterocycles. The summed E-state index contributed by atoms with van der Waals surface area (Å²) in [6.45, 7) is 0.229. The minimum absolute atomic E-state index is 0.873. The highest BCUT2D eigenvalue weighted by Gasteiger charge is 2.63. The molecule has 0 aromatic carbocycles. The summed E-state index contributed by atoms with van der Waals surface area (Å²) in [5.41, 5.74) is 0. The second-order valence-corrected chi connectivity index (χ2v) is 4.48. The van der Waals surface area contributed by atoms with Crippen LogP contribution in [0.2, 0.25) is 0 Å². The Morgan fingerprint density at radius 2 is 1.86 bits per heavy atom. The first-order chi connectivity index (χ1) is 6.07. The SMILES string of the molecule is CC1(O)O[C@@](O)(CO[P+](O)(O)O)C1O. The quantitative estimate of drug-likeness (QED) is 0.291. The molecule has 0 saturated carbocycles. The standard InChI is InChI=1S/C5H12O8P/c1-4(7)3(6)5(8,13-4)2-12-14(9,10)11/h3,6-11H,2H2,1H3/q+1/t3?,4?,5-/m0/s1. The molecular formula is C5H12O8P+. The van der Waals surface area contributed by atoms with E-state index in [1.807, 2.05) is 0 Å². The minimum atomic E-state index is -4.49. The van der Waals surface area contributed by atoms with E-state index in [4.69, 9.17) is 24.9 Å². The van der Waals surface area contributed by atoms with Gasteiger partial charge in [0.15, 0.2) is 18.5 Å². The summed E-state index contributed by atoms with van der Waals surface area (Å²) < 4.78 is 8.47. The molecule has 84 valence electrons. The van der Waals surface area contributed by atoms with Gasteiger partial charge in [0.1, 0.15) is 0 Å². The van der Waals surface area contributed by atoms with Gasteiger partial charge in [-0.25, -0.2) is 0 Å². The highest BCUT2D eigenvalue weighted by molar-refractivity contribution is 7.53. The fourth-order valence-electron chi connectivity index (χ4n) is 1.12. The van der Waals surface area contributed by atoms with Gasteiger partial charge in [-0.1, -0.05) is 0 Å². The van der Waals surface area contributed by atoms with Crippen molar-refractivity contribution in [1.29, 1.82) is 0 Å². The summed E-state index contributed by atoms with van der Waals surface area (Å²) in [6.07, 6.45) is -1.67. The van der Waals surface area contributed by atoms with E-state index in [2.05, 4.69) is 9.26 Å². The van der Waals surface area contributed by atoms with Crippen LogP contribution in [-0.4, -0.2) is 54.3 Å². The molecule has 0 aliphatic carbocycles. The van der Waals surface area contributed by atoms with Crippen molar-refractivity contribution < 1.29 is 39.3 Å². The van der Waals surface area contributed by atoms with Crippen LogP contribution in [0.3, 0.4) is 0 Å². The number of rotatable bonds is 3. The van der Waals surface area contributed by atoms with E-state index in [9.17, 15) is 5.11 Å². The Hall–Kier alpha value is 0.110. The number of hydrogen-bond acceptors (Lipinski definition) is 8. The van der Waals surface area contributed by atoms with Gasteiger partial charge >= 0.3 is 8.17 Å². The van der Waals surface area contributed by atoms with Gasteiger partial charge < -0.3 is 20.1 Å². The van der Waals surface area contributed by atoms with Crippen LogP contribution in [0.4, 0.5) is 0 Å². The Morgan fingerprint density at radius 1 is 1.36 bits per heavy atom. The van der Waals surface area contributed by atoms with Crippen molar-refractivity contribution in [3.63, 3.8) is 0 Å². The van der Waals surface area contributed by atoms with Crippen molar-refractivity contribution in [2.45, 2.75) is 24.6 Å². The molecule has 2 unspecified atom stereocenters. The van der Waals surface area contributed by atoms with Crippen LogP contribution in [-0.2, 0) is 9.26 Å². The molecule has 14 heavy (non-hydrogen) atoms. The van der Waals surface area contributed by atoms with Gasteiger partial charge in [-0.2, -0.15) is 14.7 Å². The molecule has 6 N–H and O–H groups in total. The van der Waals surface area contributed by atoms with E-state index >= 15 is 0 Å². The van der Waals surface area contributed by atoms with Crippen LogP contribution in [0.25, 0.3) is 0 Å². The van der Waals surface area contributed by atoms with Crippen LogP contribution in [0.5, 0.6) is 0 Å². The van der Waals surface area contributed by atoms with Crippen molar-refractivity contribution in [2.75, 3.05) is 6.61 Å². The summed E-state index contributed by atoms with van der Waals surface area (Å²) in [5.74, 6) is -4.16. The molecule has 9 heteroatoms. The number of aliphatic hydroxyl groups is 3. The van der Waals surface area contributed by atoms with Gasteiger partial charge in [-0.05, 0) is 6.92 Å². The van der Waals surface area contributed by atoms with Crippen LogP contribution in [0.15, 0.2) is 0 Å². The molecule has 0 bridgehead atoms. The molecule has 3 atom stereocenters. The molecule has 1 saturated heterocycles. The Morgan fingerprint density at radius 3 is 2.14 bits per heavy atom. The molecule has 1 heterocycles. The van der Waals surface area contributed by atoms with Gasteiger partial charge in [0.05, 0.1) is 0 Å². The largest absolute Gasteiger partial charge is 0.567 e. The predicted molar refractivity (Wildman–Crippen MR) is 42.2 cm³/mol. The van der Waals surface area contributed by atoms with Gasteiger partial charge in [0.2, 0.25) is 5.79 Å². The van der Waals surface area contributed by atoms with Crippen LogP contribution in [0.1, 0.15) is 6.92 Å². The Kier molecular flexibility index (Phi) is 2.88. The molecule has 0 aromatic heterocycles. The summed E-state index contributed by atoms with van der Waals surface area (Å²) in [6, 6.07) is 0. The van der Waals surface area contributed by atoms with Crippen LogP contribution in [0, 0.1) is 0 Å². The van der Waals surface area contributed by atoms with Crippen molar-refractivity contribution in [2.24, 2.45) is 0 Å². The van der Waals surface area contributed by atoms with Crippen molar-refractivity contribution >= 4 is 8.17 Å². The van der Waals surface area contributed by atoms with E-state index in [1.54, 1.807) is 0 Å². The summed E-state index contributed by atoms with van der Waals surface area (Å²) in [4.78, 5) is 25.2. The van der Waals surface area contributed by atoms with E-state index in [-0.39, 0.29) is 0 Å². The predicted octanol–water partition coefficient (Wildman–Crippen LogP) is -2.55. The normalized spacial score (nSPS) is 43.5. The zero-order valence-corrected chi connectivity index (χ0v) is 8.13. The first-order valence-electron chi connectivity index (χ1n) is 3.62. The van der Waals surface area contributed by atoms with E-state index in [0.717, 1.165) is 6.92 Å². The lowest BCUT2D eigenvalue weighted by molar-refractivity contribution is -0.485. The topological polar surface area (TPSA) is 140 Å². The molecule has 0 amide bonds. The number of aliphatic hydroxyl groups excluding tert-OH is 1. The van der Waals surface area contributed by atoms with Crippen LogP contribution >= 0.6 is 8.17 Å². The minimum Gasteiger partial charge on any atom is -0.382 e. The highest BCUT2D eigenvalue weighted by Crippen LogP contribution is 2.48. The first-order valence-corrected chi connectivity index (χ1v) is 5.18. The molecule has 1 rings (SSSR count). The molecule has 0 spiro atoms. The van der Waals surface area contributed by atoms with E-state index in [1.165, 1.54) is 0 Å². The van der Waals surface area contributed by atoms with Crippen molar-refractivity contribution in [1.82, 2.24) is 0 Å². The molecule has 0 radical (unpaired) electrons. The van der Waals surface area contributed by atoms with Gasteiger partial charge in [-0.15, -0.1) is 4.52 Å². The maximum absolute atomic E-state index is 9.30. The van der Waals surface area contributed by atoms with E-state index in [0.29, 0.717) is 0 Å². The summed E-state index contributed by atoms with van der Waals surface area (Å²) >= 11 is 0. The average molecular weight is 231 g/mol. The third-order valence-corrected chi connectivity index (χ3v) is 2.24. The molecular weight excluding hydrogens is 219 g/mol. The van der Waals surface area contributed by atoms with Crippen LogP contribution < -0.4 is 0 Å². The maximum Gasteiger partial charge on any atom is 0.567 e. The lowest BCUT2D eigenvalue weighted by atomic mass is 9.95. The maximum atomic E-state index is 9.30. The van der Waals surface area contributed by atoms with Crippen molar-refractivity contribution in [3.8, 4) is 0 Å². The number of hydrogen-bond donors (Lipinski definition) is 6. The second-order valence-electron chi connectivity index (χ2n) is 3.19. The third-order valence-electron chi connectivity index (χ3n) is 1.76.